The van der Waals surface area contributed by atoms with Crippen LogP contribution in [-0.4, -0.2) is 37.1 Å². The van der Waals surface area contributed by atoms with E-state index in [9.17, 15) is 8.42 Å². The van der Waals surface area contributed by atoms with E-state index in [0.717, 1.165) is 25.7 Å². The largest absolute Gasteiger partial charge is 0.329 e. The summed E-state index contributed by atoms with van der Waals surface area (Å²) in [6, 6.07) is 0.258. The minimum Gasteiger partial charge on any atom is -0.329 e. The molecule has 0 aromatic heterocycles. The van der Waals surface area contributed by atoms with Gasteiger partial charge in [-0.05, 0) is 25.7 Å². The van der Waals surface area contributed by atoms with Crippen LogP contribution in [-0.2, 0) is 10.0 Å². The highest BCUT2D eigenvalue weighted by Crippen LogP contribution is 2.46. The fourth-order valence-electron chi connectivity index (χ4n) is 1.65. The van der Waals surface area contributed by atoms with E-state index in [0.29, 0.717) is 0 Å². The maximum absolute atomic E-state index is 12.0. The van der Waals surface area contributed by atoms with Crippen molar-refractivity contribution in [3.63, 3.8) is 0 Å². The molecule has 0 aromatic carbocycles. The van der Waals surface area contributed by atoms with E-state index in [4.69, 9.17) is 5.73 Å². The average molecular weight is 204 g/mol. The highest BCUT2D eigenvalue weighted by Gasteiger charge is 2.56. The van der Waals surface area contributed by atoms with E-state index in [1.807, 2.05) is 0 Å². The fourth-order valence-corrected chi connectivity index (χ4v) is 3.69. The second-order valence-electron chi connectivity index (χ2n) is 4.14. The first-order valence-corrected chi connectivity index (χ1v) is 6.15. The number of sulfonamides is 1. The van der Waals surface area contributed by atoms with Crippen molar-refractivity contribution in [1.29, 1.82) is 0 Å². The van der Waals surface area contributed by atoms with Gasteiger partial charge in [-0.25, -0.2) is 12.7 Å². The zero-order valence-corrected chi connectivity index (χ0v) is 8.68. The van der Waals surface area contributed by atoms with Gasteiger partial charge < -0.3 is 5.73 Å². The Bertz CT molecular complexity index is 304. The van der Waals surface area contributed by atoms with Crippen LogP contribution in [0.25, 0.3) is 0 Å². The van der Waals surface area contributed by atoms with Crippen molar-refractivity contribution in [3.8, 4) is 0 Å². The molecule has 2 aliphatic carbocycles. The molecule has 2 aliphatic rings. The molecule has 13 heavy (non-hydrogen) atoms. The summed E-state index contributed by atoms with van der Waals surface area (Å²) in [7, 11) is -1.42. The summed E-state index contributed by atoms with van der Waals surface area (Å²) in [4.78, 5) is 0. The molecule has 0 aromatic rings. The van der Waals surface area contributed by atoms with Crippen LogP contribution in [0.5, 0.6) is 0 Å². The Labute approximate surface area is 79.1 Å². The first-order valence-electron chi connectivity index (χ1n) is 4.71. The Morgan fingerprint density at radius 2 is 2.00 bits per heavy atom. The molecule has 4 nitrogen and oxygen atoms in total. The molecule has 76 valence electrons. The lowest BCUT2D eigenvalue weighted by molar-refractivity contribution is 0.450. The molecule has 2 N–H and O–H groups in total. The first-order chi connectivity index (χ1) is 6.03. The van der Waals surface area contributed by atoms with E-state index < -0.39 is 14.8 Å². The van der Waals surface area contributed by atoms with Crippen LogP contribution in [0.4, 0.5) is 0 Å². The Morgan fingerprint density at radius 1 is 1.46 bits per heavy atom. The lowest BCUT2D eigenvalue weighted by Gasteiger charge is -2.22. The van der Waals surface area contributed by atoms with Crippen LogP contribution in [0.3, 0.4) is 0 Å². The van der Waals surface area contributed by atoms with Gasteiger partial charge in [0.25, 0.3) is 0 Å². The van der Waals surface area contributed by atoms with Crippen LogP contribution >= 0.6 is 0 Å². The molecule has 2 saturated carbocycles. The Balaban J connectivity index is 2.19. The first kappa shape index (κ1) is 9.43. The maximum atomic E-state index is 12.0. The van der Waals surface area contributed by atoms with Gasteiger partial charge in [0.2, 0.25) is 10.0 Å². The molecule has 0 saturated heterocycles. The maximum Gasteiger partial charge on any atom is 0.221 e. The van der Waals surface area contributed by atoms with Crippen LogP contribution in [0.2, 0.25) is 0 Å². The average Bonchev–Trinajstić information content (AvgIpc) is 2.96. The van der Waals surface area contributed by atoms with Crippen LogP contribution < -0.4 is 5.73 Å². The van der Waals surface area contributed by atoms with Crippen molar-refractivity contribution in [3.05, 3.63) is 0 Å². The van der Waals surface area contributed by atoms with E-state index >= 15 is 0 Å². The molecule has 0 radical (unpaired) electrons. The number of hydrogen-bond donors (Lipinski definition) is 1. The fraction of sp³-hybridized carbons (Fsp3) is 1.00. The van der Waals surface area contributed by atoms with E-state index in [-0.39, 0.29) is 12.6 Å². The third kappa shape index (κ3) is 1.30. The topological polar surface area (TPSA) is 63.4 Å². The number of hydrogen-bond acceptors (Lipinski definition) is 3. The van der Waals surface area contributed by atoms with Gasteiger partial charge in [0.15, 0.2) is 0 Å². The second kappa shape index (κ2) is 2.68. The highest BCUT2D eigenvalue weighted by atomic mass is 32.2. The smallest absolute Gasteiger partial charge is 0.221 e. The van der Waals surface area contributed by atoms with Gasteiger partial charge in [-0.15, -0.1) is 0 Å². The standard InChI is InChI=1S/C8H16N2O2S/c1-10(7-2-3-7)13(11,12)8(6-9)4-5-8/h7H,2-6,9H2,1H3. The van der Waals surface area contributed by atoms with Gasteiger partial charge in [0.05, 0.1) is 4.75 Å². The van der Waals surface area contributed by atoms with Crippen molar-refractivity contribution >= 4 is 10.0 Å². The van der Waals surface area contributed by atoms with Crippen molar-refractivity contribution in [2.45, 2.75) is 36.5 Å². The molecule has 0 spiro atoms. The Hall–Kier alpha value is -0.130. The summed E-state index contributed by atoms with van der Waals surface area (Å²) in [6.07, 6.45) is 3.50. The lowest BCUT2D eigenvalue weighted by atomic mass is 10.4. The summed E-state index contributed by atoms with van der Waals surface area (Å²) in [5, 5.41) is 0. The van der Waals surface area contributed by atoms with Gasteiger partial charge in [-0.1, -0.05) is 0 Å². The molecule has 0 unspecified atom stereocenters. The highest BCUT2D eigenvalue weighted by molar-refractivity contribution is 7.90. The molecule has 0 bridgehead atoms. The molecule has 0 heterocycles. The molecule has 0 amide bonds. The minimum atomic E-state index is -3.11. The van der Waals surface area contributed by atoms with Crippen LogP contribution in [0, 0.1) is 0 Å². The summed E-state index contributed by atoms with van der Waals surface area (Å²) in [5.74, 6) is 0. The summed E-state index contributed by atoms with van der Waals surface area (Å²) >= 11 is 0. The Kier molecular flexibility index (Phi) is 1.94. The molecular weight excluding hydrogens is 188 g/mol. The molecule has 2 rings (SSSR count). The van der Waals surface area contributed by atoms with E-state index in [1.165, 1.54) is 4.31 Å². The third-order valence-corrected chi connectivity index (χ3v) is 5.89. The van der Waals surface area contributed by atoms with Crippen molar-refractivity contribution in [2.24, 2.45) is 5.73 Å². The zero-order valence-electron chi connectivity index (χ0n) is 7.86. The molecule has 0 atom stereocenters. The minimum absolute atomic E-state index is 0.258. The zero-order chi connectivity index (χ0) is 9.69. The lowest BCUT2D eigenvalue weighted by Crippen LogP contribution is -2.43. The number of nitrogens with two attached hydrogens (primary N) is 1. The monoisotopic (exact) mass is 204 g/mol. The third-order valence-electron chi connectivity index (χ3n) is 3.17. The van der Waals surface area contributed by atoms with E-state index in [2.05, 4.69) is 0 Å². The van der Waals surface area contributed by atoms with Gasteiger partial charge in [-0.3, -0.25) is 0 Å². The number of nitrogens with zero attached hydrogens (tertiary/aromatic N) is 1. The molecule has 5 heteroatoms. The van der Waals surface area contributed by atoms with E-state index in [1.54, 1.807) is 7.05 Å². The predicted molar refractivity (Wildman–Crippen MR) is 50.7 cm³/mol. The quantitative estimate of drug-likeness (QED) is 0.695. The van der Waals surface area contributed by atoms with Gasteiger partial charge >= 0.3 is 0 Å². The SMILES string of the molecule is CN(C1CC1)S(=O)(=O)C1(CN)CC1. The van der Waals surface area contributed by atoms with Gasteiger partial charge in [0, 0.05) is 19.6 Å². The molecule has 2 fully saturated rings. The van der Waals surface area contributed by atoms with Crippen LogP contribution in [0.1, 0.15) is 25.7 Å². The molecule has 0 aliphatic heterocycles. The van der Waals surface area contributed by atoms with Crippen molar-refractivity contribution in [1.82, 2.24) is 4.31 Å². The summed E-state index contributed by atoms with van der Waals surface area (Å²) in [5.41, 5.74) is 5.51. The second-order valence-corrected chi connectivity index (χ2v) is 6.53. The molecular formula is C8H16N2O2S. The van der Waals surface area contributed by atoms with Gasteiger partial charge in [0.1, 0.15) is 0 Å². The van der Waals surface area contributed by atoms with Gasteiger partial charge in [-0.2, -0.15) is 0 Å². The summed E-state index contributed by atoms with van der Waals surface area (Å²) < 4.78 is 24.9. The Morgan fingerprint density at radius 3 is 2.31 bits per heavy atom. The van der Waals surface area contributed by atoms with Crippen LogP contribution in [0.15, 0.2) is 0 Å². The number of rotatable bonds is 4. The normalized spacial score (nSPS) is 26.4. The summed E-state index contributed by atoms with van der Waals surface area (Å²) in [6.45, 7) is 0.270. The van der Waals surface area contributed by atoms with Crippen molar-refractivity contribution < 1.29 is 8.42 Å². The predicted octanol–water partition coefficient (Wildman–Crippen LogP) is -0.0983. The van der Waals surface area contributed by atoms with Crippen molar-refractivity contribution in [2.75, 3.05) is 13.6 Å².